The first-order valence-corrected chi connectivity index (χ1v) is 12.7. The molecule has 2 aromatic heterocycles. The second-order valence-corrected chi connectivity index (χ2v) is 10.7. The number of benzene rings is 3. The maximum atomic E-state index is 6.30. The van der Waals surface area contributed by atoms with Crippen LogP contribution < -0.4 is 5.32 Å². The van der Waals surface area contributed by atoms with Crippen molar-refractivity contribution in [2.75, 3.05) is 5.32 Å². The Kier molecular flexibility index (Phi) is 5.06. The molecule has 6 nitrogen and oxygen atoms in total. The van der Waals surface area contributed by atoms with Gasteiger partial charge in [0.15, 0.2) is 0 Å². The quantitative estimate of drug-likeness (QED) is 0.144. The Morgan fingerprint density at radius 3 is 1.61 bits per heavy atom. The summed E-state index contributed by atoms with van der Waals surface area (Å²) in [5, 5.41) is 5.79. The Balaban J connectivity index is 1.67. The molecule has 0 saturated heterocycles. The predicted octanol–water partition coefficient (Wildman–Crippen LogP) is 8.62. The second kappa shape index (κ2) is 8.02. The number of hydrogen-bond acceptors (Lipinski definition) is 6. The van der Waals surface area contributed by atoms with Gasteiger partial charge in [0, 0.05) is 0 Å². The molecule has 1 atom stereocenters. The summed E-state index contributed by atoms with van der Waals surface area (Å²) in [5.74, 6) is 0. The average Bonchev–Trinajstić information content (AvgIpc) is 2.84. The van der Waals surface area contributed by atoms with Gasteiger partial charge >= 0.3 is 0 Å². The van der Waals surface area contributed by atoms with Gasteiger partial charge in [-0.1, -0.05) is 69.6 Å². The zero-order chi connectivity index (χ0) is 24.9. The highest BCUT2D eigenvalue weighted by atomic mass is 35.5. The summed E-state index contributed by atoms with van der Waals surface area (Å²) in [6.45, 7) is 0. The molecule has 1 aliphatic carbocycles. The van der Waals surface area contributed by atoms with E-state index in [-0.39, 0.29) is 6.04 Å². The number of nitrogens with zero attached hydrogens (tertiary/aromatic N) is 5. The highest BCUT2D eigenvalue weighted by Crippen LogP contribution is 2.45. The molecule has 0 bridgehead atoms. The van der Waals surface area contributed by atoms with E-state index in [4.69, 9.17) is 94.5 Å². The third-order valence-corrected chi connectivity index (χ3v) is 8.19. The van der Waals surface area contributed by atoms with E-state index in [2.05, 4.69) is 5.32 Å². The van der Waals surface area contributed by atoms with Crippen LogP contribution in [0.2, 0.25) is 20.1 Å². The summed E-state index contributed by atoms with van der Waals surface area (Å²) in [6, 6.07) is 6.36. The Hall–Kier alpha value is -2.45. The molecule has 0 spiro atoms. The van der Waals surface area contributed by atoms with Crippen LogP contribution in [0.15, 0.2) is 51.5 Å². The molecule has 3 heterocycles. The van der Waals surface area contributed by atoms with Crippen LogP contribution in [0.25, 0.3) is 44.1 Å². The van der Waals surface area contributed by atoms with E-state index in [0.717, 1.165) is 0 Å². The smallest absolute Gasteiger partial charge is 0.120 e. The standard InChI is InChI=1S/C24H8Cl6N6/c25-7-1-13-14(2-8(7)26)32-20-19(31-13)21-23(35-16-4-10(28)9(27)3-15(16)33-21)24-22(20)34-17-5-11(29)12(30)6-18(17)36-24/h1-6,13,31H. The molecule has 7 rings (SSSR count). The van der Waals surface area contributed by atoms with Gasteiger partial charge in [-0.05, 0) is 36.4 Å². The fraction of sp³-hybridized carbons (Fsp3) is 0.0417. The minimum Gasteiger partial charge on any atom is -0.370 e. The molecule has 0 radical (unpaired) electrons. The van der Waals surface area contributed by atoms with Crippen LogP contribution in [0.3, 0.4) is 0 Å². The molecule has 36 heavy (non-hydrogen) atoms. The van der Waals surface area contributed by atoms with Crippen molar-refractivity contribution in [3.8, 4) is 0 Å². The van der Waals surface area contributed by atoms with Gasteiger partial charge < -0.3 is 5.32 Å². The van der Waals surface area contributed by atoms with Gasteiger partial charge in [-0.15, -0.1) is 0 Å². The molecule has 1 unspecified atom stereocenters. The van der Waals surface area contributed by atoms with Gasteiger partial charge in [-0.3, -0.25) is 0 Å². The Labute approximate surface area is 232 Å². The predicted molar refractivity (Wildman–Crippen MR) is 150 cm³/mol. The lowest BCUT2D eigenvalue weighted by Crippen LogP contribution is -2.31. The Morgan fingerprint density at radius 1 is 0.583 bits per heavy atom. The lowest BCUT2D eigenvalue weighted by Gasteiger charge is -2.27. The molecule has 0 amide bonds. The van der Waals surface area contributed by atoms with E-state index in [1.54, 1.807) is 36.4 Å². The van der Waals surface area contributed by atoms with Crippen molar-refractivity contribution in [3.63, 3.8) is 0 Å². The number of anilines is 1. The van der Waals surface area contributed by atoms with Crippen LogP contribution in [0.1, 0.15) is 0 Å². The molecule has 3 aromatic carbocycles. The van der Waals surface area contributed by atoms with Crippen LogP contribution >= 0.6 is 69.6 Å². The van der Waals surface area contributed by atoms with Crippen molar-refractivity contribution in [2.24, 2.45) is 4.99 Å². The fourth-order valence-corrected chi connectivity index (χ4v) is 5.34. The number of halogens is 6. The number of hydrogen-bond donors (Lipinski definition) is 1. The summed E-state index contributed by atoms with van der Waals surface area (Å²) >= 11 is 37.6. The topological polar surface area (TPSA) is 76.0 Å². The Bertz CT molecular complexity index is 1950. The van der Waals surface area contributed by atoms with E-state index in [1.165, 1.54) is 0 Å². The lowest BCUT2D eigenvalue weighted by molar-refractivity contribution is 1.12. The van der Waals surface area contributed by atoms with Crippen LogP contribution in [-0.2, 0) is 0 Å². The number of fused-ring (bicyclic) bond motifs is 9. The first-order chi connectivity index (χ1) is 17.3. The molecular weight excluding hydrogens is 585 g/mol. The van der Waals surface area contributed by atoms with E-state index in [0.29, 0.717) is 91.4 Å². The largest absolute Gasteiger partial charge is 0.370 e. The molecule has 5 aromatic rings. The normalized spacial score (nSPS) is 17.1. The van der Waals surface area contributed by atoms with Crippen molar-refractivity contribution >= 4 is 131 Å². The molecule has 1 aliphatic heterocycles. The monoisotopic (exact) mass is 590 g/mol. The first kappa shape index (κ1) is 22.7. The number of nitrogens with one attached hydrogen (secondary N) is 1. The van der Waals surface area contributed by atoms with E-state index >= 15 is 0 Å². The summed E-state index contributed by atoms with van der Waals surface area (Å²) < 4.78 is 0. The van der Waals surface area contributed by atoms with Gasteiger partial charge in [0.1, 0.15) is 27.8 Å². The van der Waals surface area contributed by atoms with E-state index in [9.17, 15) is 0 Å². The van der Waals surface area contributed by atoms with Crippen molar-refractivity contribution in [1.82, 2.24) is 19.9 Å². The maximum Gasteiger partial charge on any atom is 0.120 e. The first-order valence-electron chi connectivity index (χ1n) is 10.5. The summed E-state index contributed by atoms with van der Waals surface area (Å²) in [7, 11) is 0. The zero-order valence-electron chi connectivity index (χ0n) is 17.5. The minimum absolute atomic E-state index is 0.318. The lowest BCUT2D eigenvalue weighted by atomic mass is 10.0. The van der Waals surface area contributed by atoms with Crippen LogP contribution in [0.4, 0.5) is 11.4 Å². The van der Waals surface area contributed by atoms with Crippen LogP contribution in [0.5, 0.6) is 0 Å². The van der Waals surface area contributed by atoms with Gasteiger partial charge in [-0.25, -0.2) is 24.9 Å². The van der Waals surface area contributed by atoms with E-state index < -0.39 is 0 Å². The summed E-state index contributed by atoms with van der Waals surface area (Å²) in [5.41, 5.74) is 6.17. The summed E-state index contributed by atoms with van der Waals surface area (Å²) in [4.78, 5) is 24.4. The molecule has 1 N–H and O–H groups in total. The Morgan fingerprint density at radius 2 is 1.06 bits per heavy atom. The van der Waals surface area contributed by atoms with E-state index in [1.807, 2.05) is 0 Å². The van der Waals surface area contributed by atoms with Crippen molar-refractivity contribution in [3.05, 3.63) is 66.6 Å². The van der Waals surface area contributed by atoms with Gasteiger partial charge in [-0.2, -0.15) is 0 Å². The van der Waals surface area contributed by atoms with Gasteiger partial charge in [0.25, 0.3) is 0 Å². The van der Waals surface area contributed by atoms with Gasteiger partial charge in [0.05, 0.1) is 69.7 Å². The maximum absolute atomic E-state index is 6.30. The molecule has 12 heteroatoms. The highest BCUT2D eigenvalue weighted by molar-refractivity contribution is 6.46. The van der Waals surface area contributed by atoms with Crippen molar-refractivity contribution in [1.29, 1.82) is 0 Å². The molecule has 0 fully saturated rings. The second-order valence-electron chi connectivity index (χ2n) is 8.24. The molecule has 0 saturated carbocycles. The van der Waals surface area contributed by atoms with Crippen LogP contribution in [-0.4, -0.2) is 31.7 Å². The SMILES string of the molecule is ClC1=CC2=Nc3c(c4nc5cc(Cl)c(Cl)cc5nc4c4nc5cc(Cl)c(Cl)cc5nc34)NC2C=C1Cl. The van der Waals surface area contributed by atoms with Gasteiger partial charge in [0.2, 0.25) is 0 Å². The number of aliphatic imine (C=N–C) groups is 1. The number of rotatable bonds is 0. The highest BCUT2D eigenvalue weighted by Gasteiger charge is 2.29. The molecule has 2 aliphatic rings. The minimum atomic E-state index is -0.318. The zero-order valence-corrected chi connectivity index (χ0v) is 22.1. The summed E-state index contributed by atoms with van der Waals surface area (Å²) in [6.07, 6.45) is 3.51. The number of aromatic nitrogens is 4. The molecular formula is C24H8Cl6N6. The van der Waals surface area contributed by atoms with Crippen LogP contribution in [0, 0.1) is 0 Å². The number of allylic oxidation sites excluding steroid dienone is 2. The van der Waals surface area contributed by atoms with Crippen molar-refractivity contribution < 1.29 is 0 Å². The third-order valence-electron chi connectivity index (χ3n) is 6.01. The van der Waals surface area contributed by atoms with Crippen molar-refractivity contribution in [2.45, 2.75) is 6.04 Å². The fourth-order valence-electron chi connectivity index (χ4n) is 4.35. The third kappa shape index (κ3) is 3.36. The molecule has 176 valence electrons. The average molecular weight is 593 g/mol.